The van der Waals surface area contributed by atoms with E-state index in [1.807, 2.05) is 13.2 Å². The van der Waals surface area contributed by atoms with Gasteiger partial charge in [-0.1, -0.05) is 5.92 Å². The van der Waals surface area contributed by atoms with Crippen LogP contribution in [-0.2, 0) is 11.8 Å². The summed E-state index contributed by atoms with van der Waals surface area (Å²) >= 11 is 0. The van der Waals surface area contributed by atoms with Crippen molar-refractivity contribution >= 4 is 11.4 Å². The molecule has 1 aliphatic rings. The summed E-state index contributed by atoms with van der Waals surface area (Å²) in [5.41, 5.74) is 1.94. The molecule has 0 aromatic carbocycles. The Balaban J connectivity index is 0.000000170. The normalized spacial score (nSPS) is 13.1. The lowest BCUT2D eigenvalue weighted by molar-refractivity contribution is -0.129. The van der Waals surface area contributed by atoms with Crippen LogP contribution in [-0.4, -0.2) is 54.4 Å². The van der Waals surface area contributed by atoms with Gasteiger partial charge in [-0.05, 0) is 38.2 Å². The maximum atomic E-state index is 12.1. The summed E-state index contributed by atoms with van der Waals surface area (Å²) in [6, 6.07) is 1.91. The molecule has 0 bridgehead atoms. The zero-order valence-electron chi connectivity index (χ0n) is 16.4. The lowest BCUT2D eigenvalue weighted by atomic mass is 9.91. The molecule has 0 radical (unpaired) electrons. The van der Waals surface area contributed by atoms with E-state index >= 15 is 0 Å². The van der Waals surface area contributed by atoms with Crippen LogP contribution in [0.15, 0.2) is 35.6 Å². The molecule has 1 saturated carbocycles. The molecule has 8 nitrogen and oxygen atoms in total. The van der Waals surface area contributed by atoms with Gasteiger partial charge in [-0.2, -0.15) is 10.2 Å². The quantitative estimate of drug-likeness (QED) is 0.679. The Morgan fingerprint density at radius 3 is 2.76 bits per heavy atom. The van der Waals surface area contributed by atoms with Crippen molar-refractivity contribution in [3.05, 3.63) is 41.2 Å². The van der Waals surface area contributed by atoms with Crippen LogP contribution in [0, 0.1) is 11.8 Å². The molecule has 152 valence electrons. The number of rotatable bonds is 4. The summed E-state index contributed by atoms with van der Waals surface area (Å²) in [5.74, 6) is 4.76. The number of alkyl halides is 1. The predicted octanol–water partition coefficient (Wildman–Crippen LogP) is 1.78. The van der Waals surface area contributed by atoms with Crippen molar-refractivity contribution in [2.75, 3.05) is 13.2 Å². The molecule has 0 atom stereocenters. The van der Waals surface area contributed by atoms with Crippen molar-refractivity contribution < 1.29 is 9.18 Å². The number of nitrogens with one attached hydrogen (secondary N) is 1. The van der Waals surface area contributed by atoms with Gasteiger partial charge in [0.1, 0.15) is 12.2 Å². The predicted molar refractivity (Wildman–Crippen MR) is 107 cm³/mol. The zero-order chi connectivity index (χ0) is 20.8. The molecule has 0 unspecified atom stereocenters. The number of fused-ring (bicyclic) bond motifs is 1. The Morgan fingerprint density at radius 2 is 2.17 bits per heavy atom. The fourth-order valence-electron chi connectivity index (χ4n) is 3.06. The second kappa shape index (κ2) is 9.19. The third kappa shape index (κ3) is 4.71. The SMILES string of the molecule is CC#CC(=O)N(CCF)C1CCC1.Cn1cc(-c2cn3nccc3c(=O)[nH]2)cn1. The molecule has 1 fully saturated rings. The first-order valence-corrected chi connectivity index (χ1v) is 9.38. The lowest BCUT2D eigenvalue weighted by Gasteiger charge is -2.35. The number of hydrogen-bond acceptors (Lipinski definition) is 4. The molecule has 0 aliphatic heterocycles. The van der Waals surface area contributed by atoms with E-state index in [0.717, 1.165) is 24.8 Å². The molecular weight excluding hydrogens is 375 g/mol. The van der Waals surface area contributed by atoms with Gasteiger partial charge in [0.15, 0.2) is 0 Å². The molecular formula is C20H23FN6O2. The highest BCUT2D eigenvalue weighted by Gasteiger charge is 2.27. The zero-order valence-corrected chi connectivity index (χ0v) is 16.4. The van der Waals surface area contributed by atoms with Crippen molar-refractivity contribution in [2.45, 2.75) is 32.2 Å². The molecule has 1 aliphatic carbocycles. The Bertz CT molecular complexity index is 1100. The van der Waals surface area contributed by atoms with Crippen LogP contribution < -0.4 is 5.56 Å². The summed E-state index contributed by atoms with van der Waals surface area (Å²) in [5, 5.41) is 8.10. The first-order chi connectivity index (χ1) is 14.0. The number of hydrogen-bond donors (Lipinski definition) is 1. The number of carbonyl (C=O) groups excluding carboxylic acids is 1. The summed E-state index contributed by atoms with van der Waals surface area (Å²) in [4.78, 5) is 27.4. The van der Waals surface area contributed by atoms with E-state index in [1.54, 1.807) is 45.7 Å². The summed E-state index contributed by atoms with van der Waals surface area (Å²) < 4.78 is 15.4. The third-order valence-corrected chi connectivity index (χ3v) is 4.75. The van der Waals surface area contributed by atoms with E-state index in [2.05, 4.69) is 27.0 Å². The van der Waals surface area contributed by atoms with E-state index in [1.165, 1.54) is 0 Å². The second-order valence-corrected chi connectivity index (χ2v) is 6.71. The van der Waals surface area contributed by atoms with Crippen molar-refractivity contribution in [2.24, 2.45) is 7.05 Å². The van der Waals surface area contributed by atoms with E-state index in [-0.39, 0.29) is 24.1 Å². The van der Waals surface area contributed by atoms with Gasteiger partial charge in [-0.3, -0.25) is 14.3 Å². The van der Waals surface area contributed by atoms with Crippen LogP contribution in [0.5, 0.6) is 0 Å². The average Bonchev–Trinajstić information content (AvgIpc) is 3.29. The third-order valence-electron chi connectivity index (χ3n) is 4.75. The highest BCUT2D eigenvalue weighted by molar-refractivity contribution is 5.93. The number of nitrogens with zero attached hydrogens (tertiary/aromatic N) is 5. The highest BCUT2D eigenvalue weighted by atomic mass is 19.1. The molecule has 4 rings (SSSR count). The number of aromatic amines is 1. The number of H-pyrrole nitrogens is 1. The first kappa shape index (κ1) is 20.3. The van der Waals surface area contributed by atoms with Crippen LogP contribution in [0.1, 0.15) is 26.2 Å². The molecule has 0 spiro atoms. The van der Waals surface area contributed by atoms with Gasteiger partial charge in [-0.25, -0.2) is 8.91 Å². The van der Waals surface area contributed by atoms with Gasteiger partial charge in [0.25, 0.3) is 11.5 Å². The van der Waals surface area contributed by atoms with E-state index in [9.17, 15) is 14.0 Å². The Hall–Kier alpha value is -3.41. The number of carbonyl (C=O) groups is 1. The van der Waals surface area contributed by atoms with E-state index in [0.29, 0.717) is 11.2 Å². The Kier molecular flexibility index (Phi) is 6.44. The van der Waals surface area contributed by atoms with E-state index < -0.39 is 6.67 Å². The summed E-state index contributed by atoms with van der Waals surface area (Å²) in [7, 11) is 1.83. The Morgan fingerprint density at radius 1 is 1.38 bits per heavy atom. The minimum Gasteiger partial charge on any atom is -0.326 e. The topological polar surface area (TPSA) is 88.3 Å². The number of halogens is 1. The van der Waals surface area contributed by atoms with Crippen LogP contribution in [0.4, 0.5) is 4.39 Å². The molecule has 29 heavy (non-hydrogen) atoms. The van der Waals surface area contributed by atoms with E-state index in [4.69, 9.17) is 0 Å². The van der Waals surface area contributed by atoms with Gasteiger partial charge in [0, 0.05) is 24.8 Å². The molecule has 0 saturated heterocycles. The highest BCUT2D eigenvalue weighted by Crippen LogP contribution is 2.24. The molecule has 9 heteroatoms. The molecule has 3 heterocycles. The van der Waals surface area contributed by atoms with Crippen LogP contribution in [0.25, 0.3) is 16.8 Å². The number of aromatic nitrogens is 5. The van der Waals surface area contributed by atoms with Gasteiger partial charge in [0.2, 0.25) is 0 Å². The van der Waals surface area contributed by atoms with Crippen LogP contribution >= 0.6 is 0 Å². The maximum absolute atomic E-state index is 12.1. The van der Waals surface area contributed by atoms with Crippen LogP contribution in [0.2, 0.25) is 0 Å². The summed E-state index contributed by atoms with van der Waals surface area (Å²) in [6.07, 6.45) is 10.0. The molecule has 1 N–H and O–H groups in total. The smallest absolute Gasteiger partial charge is 0.298 e. The van der Waals surface area contributed by atoms with Crippen molar-refractivity contribution in [1.82, 2.24) is 29.3 Å². The maximum Gasteiger partial charge on any atom is 0.298 e. The standard InChI is InChI=1S/C10H14FNO.C10H9N5O/c1-2-4-10(13)12(8-7-11)9-5-3-6-9;1-14-5-7(4-12-14)8-6-15-9(2-3-11-15)10(16)13-8/h9H,3,5-8H2,1H3;2-6H,1H3,(H,13,16). The van der Waals surface area contributed by atoms with Crippen molar-refractivity contribution in [3.8, 4) is 23.1 Å². The van der Waals surface area contributed by atoms with Gasteiger partial charge in [0.05, 0.1) is 30.8 Å². The molecule has 3 aromatic rings. The minimum absolute atomic E-state index is 0.154. The summed E-state index contributed by atoms with van der Waals surface area (Å²) in [6.45, 7) is 1.33. The molecule has 1 amide bonds. The fraction of sp³-hybridized carbons (Fsp3) is 0.400. The van der Waals surface area contributed by atoms with Gasteiger partial charge >= 0.3 is 0 Å². The number of aryl methyl sites for hydroxylation is 1. The van der Waals surface area contributed by atoms with Gasteiger partial charge < -0.3 is 9.88 Å². The fourth-order valence-corrected chi connectivity index (χ4v) is 3.06. The second-order valence-electron chi connectivity index (χ2n) is 6.71. The molecule has 3 aromatic heterocycles. The largest absolute Gasteiger partial charge is 0.326 e. The first-order valence-electron chi connectivity index (χ1n) is 9.38. The number of amides is 1. The lowest BCUT2D eigenvalue weighted by Crippen LogP contribution is -2.44. The van der Waals surface area contributed by atoms with Gasteiger partial charge in [-0.15, -0.1) is 0 Å². The average molecular weight is 398 g/mol. The van der Waals surface area contributed by atoms with Crippen molar-refractivity contribution in [1.29, 1.82) is 0 Å². The Labute approximate surface area is 167 Å². The minimum atomic E-state index is -0.479. The van der Waals surface area contributed by atoms with Crippen molar-refractivity contribution in [3.63, 3.8) is 0 Å². The monoisotopic (exact) mass is 398 g/mol. The van der Waals surface area contributed by atoms with Crippen LogP contribution in [0.3, 0.4) is 0 Å².